The van der Waals surface area contributed by atoms with E-state index in [4.69, 9.17) is 9.47 Å². The number of hydrogen-bond acceptors (Lipinski definition) is 5. The first kappa shape index (κ1) is 21.7. The Morgan fingerprint density at radius 3 is 2.41 bits per heavy atom. The van der Waals surface area contributed by atoms with Gasteiger partial charge in [0.1, 0.15) is 6.54 Å². The van der Waals surface area contributed by atoms with Crippen LogP contribution in [0.3, 0.4) is 0 Å². The number of carbonyl (C=O) groups excluding carboxylic acids is 1. The fraction of sp³-hybridized carbons (Fsp3) is 0.208. The molecule has 8 heteroatoms. The maximum absolute atomic E-state index is 13.1. The van der Waals surface area contributed by atoms with Crippen LogP contribution in [0.4, 0.5) is 5.69 Å². The summed E-state index contributed by atoms with van der Waals surface area (Å²) in [5, 5.41) is 3.00. The molecule has 1 heterocycles. The summed E-state index contributed by atoms with van der Waals surface area (Å²) >= 11 is 0. The van der Waals surface area contributed by atoms with E-state index in [1.807, 2.05) is 61.5 Å². The van der Waals surface area contributed by atoms with E-state index in [9.17, 15) is 13.2 Å². The topological polar surface area (TPSA) is 84.9 Å². The van der Waals surface area contributed by atoms with E-state index in [2.05, 4.69) is 5.32 Å². The maximum atomic E-state index is 13.1. The van der Waals surface area contributed by atoms with Crippen LogP contribution < -0.4 is 19.1 Å². The Labute approximate surface area is 187 Å². The van der Waals surface area contributed by atoms with Gasteiger partial charge in [-0.25, -0.2) is 8.42 Å². The Hall–Kier alpha value is -3.52. The van der Waals surface area contributed by atoms with Gasteiger partial charge in [-0.15, -0.1) is 0 Å². The molecule has 1 atom stereocenters. The highest BCUT2D eigenvalue weighted by molar-refractivity contribution is 7.92. The molecule has 0 saturated carbocycles. The first-order valence-corrected chi connectivity index (χ1v) is 11.9. The van der Waals surface area contributed by atoms with Crippen molar-refractivity contribution in [3.05, 3.63) is 89.5 Å². The van der Waals surface area contributed by atoms with Gasteiger partial charge < -0.3 is 14.8 Å². The van der Waals surface area contributed by atoms with Crippen LogP contribution in [0, 0.1) is 6.92 Å². The van der Waals surface area contributed by atoms with Crippen molar-refractivity contribution in [3.8, 4) is 11.5 Å². The Kier molecular flexibility index (Phi) is 6.05. The molecule has 0 saturated heterocycles. The Morgan fingerprint density at radius 1 is 0.969 bits per heavy atom. The van der Waals surface area contributed by atoms with Gasteiger partial charge in [0.2, 0.25) is 22.7 Å². The molecule has 0 radical (unpaired) electrons. The van der Waals surface area contributed by atoms with E-state index in [0.29, 0.717) is 17.2 Å². The molecule has 1 aliphatic heterocycles. The second kappa shape index (κ2) is 8.92. The molecule has 3 aromatic rings. The first-order valence-electron chi connectivity index (χ1n) is 10.1. The van der Waals surface area contributed by atoms with Crippen LogP contribution in [0.15, 0.2) is 72.8 Å². The van der Waals surface area contributed by atoms with Crippen LogP contribution in [0.25, 0.3) is 0 Å². The molecule has 4 rings (SSSR count). The summed E-state index contributed by atoms with van der Waals surface area (Å²) in [6, 6.07) is 21.8. The maximum Gasteiger partial charge on any atom is 0.241 e. The number of nitrogens with one attached hydrogen (secondary N) is 1. The lowest BCUT2D eigenvalue weighted by molar-refractivity contribution is -0.120. The molecule has 166 valence electrons. The Morgan fingerprint density at radius 2 is 1.69 bits per heavy atom. The summed E-state index contributed by atoms with van der Waals surface area (Å²) in [6.45, 7) is 1.69. The van der Waals surface area contributed by atoms with Gasteiger partial charge in [0.25, 0.3) is 0 Å². The minimum atomic E-state index is -3.73. The van der Waals surface area contributed by atoms with E-state index in [1.54, 1.807) is 18.2 Å². The highest BCUT2D eigenvalue weighted by Crippen LogP contribution is 2.36. The number of benzene rings is 3. The number of rotatable bonds is 7. The lowest BCUT2D eigenvalue weighted by Gasteiger charge is -2.25. The van der Waals surface area contributed by atoms with E-state index in [0.717, 1.165) is 27.3 Å². The molecule has 7 nitrogen and oxygen atoms in total. The normalized spacial score (nSPS) is 13.4. The SMILES string of the molecule is Cc1cccc(C(NC(=O)CN(c2ccc3c(c2)OCO3)S(C)(=O)=O)c2ccccc2)c1. The summed E-state index contributed by atoms with van der Waals surface area (Å²) < 4.78 is 36.7. The van der Waals surface area contributed by atoms with E-state index < -0.39 is 22.0 Å². The van der Waals surface area contributed by atoms with Gasteiger partial charge in [-0.2, -0.15) is 0 Å². The van der Waals surface area contributed by atoms with Gasteiger partial charge in [0, 0.05) is 6.07 Å². The van der Waals surface area contributed by atoms with Gasteiger partial charge >= 0.3 is 0 Å². The highest BCUT2D eigenvalue weighted by atomic mass is 32.2. The zero-order valence-electron chi connectivity index (χ0n) is 17.8. The first-order chi connectivity index (χ1) is 15.3. The second-order valence-electron chi connectivity index (χ2n) is 7.63. The Balaban J connectivity index is 1.61. The van der Waals surface area contributed by atoms with Crippen molar-refractivity contribution in [2.75, 3.05) is 23.9 Å². The van der Waals surface area contributed by atoms with E-state index in [1.165, 1.54) is 0 Å². The number of amides is 1. The third-order valence-electron chi connectivity index (χ3n) is 5.15. The molecule has 0 aliphatic carbocycles. The third-order valence-corrected chi connectivity index (χ3v) is 6.29. The zero-order valence-corrected chi connectivity index (χ0v) is 18.6. The minimum absolute atomic E-state index is 0.0768. The monoisotopic (exact) mass is 452 g/mol. The fourth-order valence-corrected chi connectivity index (χ4v) is 4.48. The summed E-state index contributed by atoms with van der Waals surface area (Å²) in [5.41, 5.74) is 3.22. The number of carbonyl (C=O) groups is 1. The number of sulfonamides is 1. The lowest BCUT2D eigenvalue weighted by Crippen LogP contribution is -2.41. The molecule has 1 aliphatic rings. The third kappa shape index (κ3) is 4.86. The largest absolute Gasteiger partial charge is 0.454 e. The van der Waals surface area contributed by atoms with Crippen molar-refractivity contribution in [1.29, 1.82) is 0 Å². The van der Waals surface area contributed by atoms with Crippen molar-refractivity contribution in [2.45, 2.75) is 13.0 Å². The summed E-state index contributed by atoms with van der Waals surface area (Å²) in [5.74, 6) is 0.553. The van der Waals surface area contributed by atoms with Crippen LogP contribution in [-0.4, -0.2) is 33.9 Å². The van der Waals surface area contributed by atoms with E-state index >= 15 is 0 Å². The molecule has 0 bridgehead atoms. The molecule has 0 fully saturated rings. The van der Waals surface area contributed by atoms with Gasteiger partial charge in [-0.05, 0) is 30.2 Å². The number of hydrogen-bond donors (Lipinski definition) is 1. The van der Waals surface area contributed by atoms with Gasteiger partial charge in [0.05, 0.1) is 18.0 Å². The molecule has 32 heavy (non-hydrogen) atoms. The molecule has 3 aromatic carbocycles. The summed E-state index contributed by atoms with van der Waals surface area (Å²) in [7, 11) is -3.73. The fourth-order valence-electron chi connectivity index (χ4n) is 3.63. The molecule has 1 unspecified atom stereocenters. The standard InChI is InChI=1S/C24H24N2O5S/c1-17-7-6-10-19(13-17)24(18-8-4-3-5-9-18)25-23(27)15-26(32(2,28)29)20-11-12-21-22(14-20)31-16-30-21/h3-14,24H,15-16H2,1-2H3,(H,25,27). The van der Waals surface area contributed by atoms with Crippen LogP contribution in [0.1, 0.15) is 22.7 Å². The predicted molar refractivity (Wildman–Crippen MR) is 122 cm³/mol. The quantitative estimate of drug-likeness (QED) is 0.594. The molecule has 0 aromatic heterocycles. The van der Waals surface area contributed by atoms with E-state index in [-0.39, 0.29) is 13.3 Å². The number of ether oxygens (including phenoxy) is 2. The number of anilines is 1. The smallest absolute Gasteiger partial charge is 0.241 e. The summed E-state index contributed by atoms with van der Waals surface area (Å²) in [4.78, 5) is 13.1. The second-order valence-corrected chi connectivity index (χ2v) is 9.54. The molecular weight excluding hydrogens is 428 g/mol. The van der Waals surface area contributed by atoms with Crippen molar-refractivity contribution < 1.29 is 22.7 Å². The molecule has 1 N–H and O–H groups in total. The Bertz CT molecular complexity index is 1230. The number of nitrogens with zero attached hydrogens (tertiary/aromatic N) is 1. The van der Waals surface area contributed by atoms with Crippen molar-refractivity contribution >= 4 is 21.6 Å². The molecule has 0 spiro atoms. The molecular formula is C24H24N2O5S. The number of aryl methyl sites for hydroxylation is 1. The van der Waals surface area contributed by atoms with Crippen LogP contribution in [-0.2, 0) is 14.8 Å². The minimum Gasteiger partial charge on any atom is -0.454 e. The van der Waals surface area contributed by atoms with Crippen LogP contribution in [0.5, 0.6) is 11.5 Å². The lowest BCUT2D eigenvalue weighted by atomic mass is 9.97. The van der Waals surface area contributed by atoms with Gasteiger partial charge in [-0.1, -0.05) is 60.2 Å². The average molecular weight is 453 g/mol. The van der Waals surface area contributed by atoms with Crippen molar-refractivity contribution in [1.82, 2.24) is 5.32 Å². The van der Waals surface area contributed by atoms with Gasteiger partial charge in [0.15, 0.2) is 11.5 Å². The molecule has 1 amide bonds. The predicted octanol–water partition coefficient (Wildman–Crippen LogP) is 3.40. The van der Waals surface area contributed by atoms with Crippen LogP contribution in [0.2, 0.25) is 0 Å². The highest BCUT2D eigenvalue weighted by Gasteiger charge is 2.25. The zero-order chi connectivity index (χ0) is 22.7. The van der Waals surface area contributed by atoms with Crippen molar-refractivity contribution in [2.24, 2.45) is 0 Å². The van der Waals surface area contributed by atoms with Crippen molar-refractivity contribution in [3.63, 3.8) is 0 Å². The number of fused-ring (bicyclic) bond motifs is 1. The van der Waals surface area contributed by atoms with Gasteiger partial charge in [-0.3, -0.25) is 9.10 Å². The average Bonchev–Trinajstić information content (AvgIpc) is 3.23. The van der Waals surface area contributed by atoms with Crippen LogP contribution >= 0.6 is 0 Å². The summed E-state index contributed by atoms with van der Waals surface area (Å²) in [6.07, 6.45) is 1.07.